The number of aromatic nitrogens is 1. The molecule has 0 saturated heterocycles. The fourth-order valence-electron chi connectivity index (χ4n) is 3.42. The lowest BCUT2D eigenvalue weighted by Crippen LogP contribution is -2.24. The summed E-state index contributed by atoms with van der Waals surface area (Å²) in [5.41, 5.74) is 8.50. The maximum atomic E-state index is 12.7. The molecule has 8 nitrogen and oxygen atoms in total. The maximum absolute atomic E-state index is 12.7. The second-order valence-electron chi connectivity index (χ2n) is 7.53. The van der Waals surface area contributed by atoms with Crippen LogP contribution in [0.3, 0.4) is 0 Å². The Labute approximate surface area is 218 Å². The van der Waals surface area contributed by atoms with E-state index in [0.717, 1.165) is 17.5 Å². The minimum atomic E-state index is -3.80. The summed E-state index contributed by atoms with van der Waals surface area (Å²) in [6, 6.07) is 15.6. The van der Waals surface area contributed by atoms with Gasteiger partial charge in [-0.05, 0) is 42.3 Å². The summed E-state index contributed by atoms with van der Waals surface area (Å²) in [5.74, 6) is -0.689. The van der Waals surface area contributed by atoms with E-state index in [-0.39, 0.29) is 41.8 Å². The molecule has 3 aromatic rings. The topological polar surface area (TPSA) is 134 Å². The molecule has 0 bridgehead atoms. The lowest BCUT2D eigenvalue weighted by molar-refractivity contribution is 0.1000. The Kier molecular flexibility index (Phi) is 12.3. The van der Waals surface area contributed by atoms with Crippen LogP contribution in [0.2, 0.25) is 0 Å². The van der Waals surface area contributed by atoms with Crippen molar-refractivity contribution in [3.8, 4) is 11.1 Å². The SMILES string of the molecule is CCNS(=O)(=O)c1cc(C(N)=O)ccc1-c1ccc(CCNC[C@H](O)c2cccnc2)cc1.Cl.Cl. The number of pyridine rings is 1. The number of aliphatic hydroxyl groups excluding tert-OH is 1. The van der Waals surface area contributed by atoms with Crippen LogP contribution in [0.25, 0.3) is 11.1 Å². The van der Waals surface area contributed by atoms with Gasteiger partial charge in [-0.25, -0.2) is 13.1 Å². The molecule has 0 unspecified atom stereocenters. The lowest BCUT2D eigenvalue weighted by atomic mass is 10.0. The number of carbonyl (C=O) groups excluding carboxylic acids is 1. The predicted octanol–water partition coefficient (Wildman–Crippen LogP) is 2.86. The normalized spacial score (nSPS) is 11.7. The standard InChI is InChI=1S/C24H28N4O4S.2ClH/c1-2-28-33(31,32)23-14-19(24(25)30)9-10-21(23)18-7-5-17(6-8-18)11-13-27-16-22(29)20-4-3-12-26-15-20;;/h3-10,12,14-15,22,27-29H,2,11,13,16H2,1H3,(H2,25,30);2*1H/t22-;;/m0../s1. The minimum absolute atomic E-state index is 0. The van der Waals surface area contributed by atoms with E-state index in [4.69, 9.17) is 5.73 Å². The maximum Gasteiger partial charge on any atom is 0.248 e. The number of primary amides is 1. The number of aliphatic hydroxyl groups is 1. The molecule has 0 radical (unpaired) electrons. The molecule has 0 aliphatic rings. The van der Waals surface area contributed by atoms with Crippen molar-refractivity contribution in [3.63, 3.8) is 0 Å². The van der Waals surface area contributed by atoms with Crippen molar-refractivity contribution in [2.24, 2.45) is 5.73 Å². The molecule has 3 rings (SSSR count). The number of nitrogens with two attached hydrogens (primary N) is 1. The van der Waals surface area contributed by atoms with Crippen LogP contribution in [0.4, 0.5) is 0 Å². The number of benzene rings is 2. The van der Waals surface area contributed by atoms with Crippen molar-refractivity contribution in [3.05, 3.63) is 83.7 Å². The second-order valence-corrected chi connectivity index (χ2v) is 9.27. The Morgan fingerprint density at radius 1 is 1.11 bits per heavy atom. The molecule has 2 aromatic carbocycles. The Balaban J connectivity index is 0.00000306. The molecule has 0 fully saturated rings. The number of halogens is 2. The largest absolute Gasteiger partial charge is 0.387 e. The molecular weight excluding hydrogens is 511 g/mol. The van der Waals surface area contributed by atoms with Gasteiger partial charge in [0.05, 0.1) is 11.0 Å². The first-order chi connectivity index (χ1) is 15.8. The third-order valence-corrected chi connectivity index (χ3v) is 6.74. The number of hydrogen-bond acceptors (Lipinski definition) is 6. The average molecular weight is 542 g/mol. The molecule has 190 valence electrons. The number of nitrogens with zero attached hydrogens (tertiary/aromatic N) is 1. The Hall–Kier alpha value is -2.53. The fourth-order valence-corrected chi connectivity index (χ4v) is 4.71. The van der Waals surface area contributed by atoms with Crippen molar-refractivity contribution in [2.45, 2.75) is 24.3 Å². The summed E-state index contributed by atoms with van der Waals surface area (Å²) in [6.45, 7) is 3.00. The summed E-state index contributed by atoms with van der Waals surface area (Å²) in [4.78, 5) is 15.6. The van der Waals surface area contributed by atoms with Gasteiger partial charge in [0.15, 0.2) is 0 Å². The van der Waals surface area contributed by atoms with Crippen molar-refractivity contribution in [1.29, 1.82) is 0 Å². The number of amides is 1. The fraction of sp³-hybridized carbons (Fsp3) is 0.250. The van der Waals surface area contributed by atoms with Gasteiger partial charge in [-0.15, -0.1) is 24.8 Å². The molecule has 11 heteroatoms. The number of carbonyl (C=O) groups is 1. The zero-order valence-electron chi connectivity index (χ0n) is 19.2. The number of sulfonamides is 1. The second kappa shape index (κ2) is 14.1. The van der Waals surface area contributed by atoms with E-state index in [1.54, 1.807) is 31.5 Å². The first-order valence-electron chi connectivity index (χ1n) is 10.6. The van der Waals surface area contributed by atoms with Crippen LogP contribution in [0.1, 0.15) is 34.5 Å². The molecule has 1 heterocycles. The zero-order chi connectivity index (χ0) is 23.8. The van der Waals surface area contributed by atoms with E-state index in [2.05, 4.69) is 15.0 Å². The highest BCUT2D eigenvalue weighted by atomic mass is 35.5. The van der Waals surface area contributed by atoms with Gasteiger partial charge >= 0.3 is 0 Å². The third kappa shape index (κ3) is 8.28. The van der Waals surface area contributed by atoms with E-state index in [1.165, 1.54) is 12.1 Å². The summed E-state index contributed by atoms with van der Waals surface area (Å²) >= 11 is 0. The van der Waals surface area contributed by atoms with Crippen LogP contribution < -0.4 is 15.8 Å². The van der Waals surface area contributed by atoms with Crippen molar-refractivity contribution in [1.82, 2.24) is 15.0 Å². The van der Waals surface area contributed by atoms with Crippen molar-refractivity contribution >= 4 is 40.7 Å². The quantitative estimate of drug-likeness (QED) is 0.276. The Bertz CT molecular complexity index is 1190. The molecule has 0 spiro atoms. The van der Waals surface area contributed by atoms with Crippen LogP contribution >= 0.6 is 24.8 Å². The predicted molar refractivity (Wildman–Crippen MR) is 142 cm³/mol. The van der Waals surface area contributed by atoms with Gasteiger partial charge in [-0.1, -0.05) is 43.3 Å². The van der Waals surface area contributed by atoms with Gasteiger partial charge < -0.3 is 16.2 Å². The highest BCUT2D eigenvalue weighted by Crippen LogP contribution is 2.29. The Morgan fingerprint density at radius 2 is 1.83 bits per heavy atom. The number of hydrogen-bond donors (Lipinski definition) is 4. The van der Waals surface area contributed by atoms with Gasteiger partial charge in [0, 0.05) is 42.2 Å². The molecule has 0 saturated carbocycles. The third-order valence-electron chi connectivity index (χ3n) is 5.15. The smallest absolute Gasteiger partial charge is 0.248 e. The molecule has 5 N–H and O–H groups in total. The summed E-state index contributed by atoms with van der Waals surface area (Å²) in [6.07, 6.45) is 3.42. The number of nitrogens with one attached hydrogen (secondary N) is 2. The zero-order valence-corrected chi connectivity index (χ0v) is 21.6. The first kappa shape index (κ1) is 30.5. The average Bonchev–Trinajstić information content (AvgIpc) is 2.82. The van der Waals surface area contributed by atoms with Gasteiger partial charge in [0.2, 0.25) is 15.9 Å². The van der Waals surface area contributed by atoms with E-state index in [1.807, 2.05) is 30.3 Å². The monoisotopic (exact) mass is 540 g/mol. The van der Waals surface area contributed by atoms with E-state index in [0.29, 0.717) is 24.2 Å². The molecule has 0 aliphatic heterocycles. The van der Waals surface area contributed by atoms with Crippen LogP contribution in [-0.4, -0.2) is 44.0 Å². The molecule has 1 atom stereocenters. The summed E-state index contributed by atoms with van der Waals surface area (Å²) in [5, 5.41) is 13.4. The van der Waals surface area contributed by atoms with Crippen LogP contribution in [0, 0.1) is 0 Å². The molecule has 0 aliphatic carbocycles. The van der Waals surface area contributed by atoms with E-state index < -0.39 is 22.0 Å². The summed E-state index contributed by atoms with van der Waals surface area (Å²) < 4.78 is 27.9. The highest BCUT2D eigenvalue weighted by Gasteiger charge is 2.20. The van der Waals surface area contributed by atoms with Gasteiger partial charge in [-0.3, -0.25) is 9.78 Å². The lowest BCUT2D eigenvalue weighted by Gasteiger charge is -2.13. The number of rotatable bonds is 11. The van der Waals surface area contributed by atoms with Crippen molar-refractivity contribution in [2.75, 3.05) is 19.6 Å². The van der Waals surface area contributed by atoms with Crippen LogP contribution in [0.15, 0.2) is 71.9 Å². The van der Waals surface area contributed by atoms with Crippen LogP contribution in [0.5, 0.6) is 0 Å². The summed E-state index contributed by atoms with van der Waals surface area (Å²) in [7, 11) is -3.80. The van der Waals surface area contributed by atoms with E-state index >= 15 is 0 Å². The molecule has 1 aromatic heterocycles. The van der Waals surface area contributed by atoms with Gasteiger partial charge in [0.25, 0.3) is 0 Å². The Morgan fingerprint density at radius 3 is 2.43 bits per heavy atom. The van der Waals surface area contributed by atoms with Crippen LogP contribution in [-0.2, 0) is 16.4 Å². The molecular formula is C24H30Cl2N4O4S. The molecule has 1 amide bonds. The van der Waals surface area contributed by atoms with Gasteiger partial charge in [0.1, 0.15) is 0 Å². The highest BCUT2D eigenvalue weighted by molar-refractivity contribution is 7.89. The first-order valence-corrected chi connectivity index (χ1v) is 12.1. The molecule has 35 heavy (non-hydrogen) atoms. The van der Waals surface area contributed by atoms with E-state index in [9.17, 15) is 18.3 Å². The van der Waals surface area contributed by atoms with Crippen molar-refractivity contribution < 1.29 is 18.3 Å². The minimum Gasteiger partial charge on any atom is -0.387 e. The van der Waals surface area contributed by atoms with Gasteiger partial charge in [-0.2, -0.15) is 0 Å².